The summed E-state index contributed by atoms with van der Waals surface area (Å²) in [6, 6.07) is 17.1. The minimum absolute atomic E-state index is 0.0150. The molecule has 1 heterocycles. The fourth-order valence-electron chi connectivity index (χ4n) is 3.58. The lowest BCUT2D eigenvalue weighted by molar-refractivity contribution is -0.119. The summed E-state index contributed by atoms with van der Waals surface area (Å²) >= 11 is 0. The third kappa shape index (κ3) is 3.39. The van der Waals surface area contributed by atoms with Gasteiger partial charge in [0.15, 0.2) is 0 Å². The van der Waals surface area contributed by atoms with Crippen molar-refractivity contribution in [3.05, 3.63) is 72.5 Å². The van der Waals surface area contributed by atoms with Gasteiger partial charge in [0.25, 0.3) is 0 Å². The largest absolute Gasteiger partial charge is 0.324 e. The molecule has 1 atom stereocenters. The van der Waals surface area contributed by atoms with Crippen LogP contribution in [0.15, 0.2) is 71.6 Å². The van der Waals surface area contributed by atoms with E-state index in [-0.39, 0.29) is 17.3 Å². The number of nitrogens with one attached hydrogen (secondary N) is 1. The van der Waals surface area contributed by atoms with Crippen LogP contribution >= 0.6 is 0 Å². The fraction of sp³-hybridized carbons (Fsp3) is 0.190. The van der Waals surface area contributed by atoms with Gasteiger partial charge in [-0.3, -0.25) is 4.79 Å². The van der Waals surface area contributed by atoms with E-state index < -0.39 is 21.9 Å². The molecule has 5 nitrogen and oxygen atoms in total. The zero-order valence-electron chi connectivity index (χ0n) is 15.0. The first kappa shape index (κ1) is 18.6. The predicted molar refractivity (Wildman–Crippen MR) is 106 cm³/mol. The normalized spacial score (nSPS) is 17.7. The Hall–Kier alpha value is -2.77. The summed E-state index contributed by atoms with van der Waals surface area (Å²) in [5.74, 6) is -0.870. The summed E-state index contributed by atoms with van der Waals surface area (Å²) in [6.07, 6.45) is 1.03. The smallest absolute Gasteiger partial charge is 0.243 e. The highest BCUT2D eigenvalue weighted by atomic mass is 32.2. The average Bonchev–Trinajstić information content (AvgIpc) is 3.20. The van der Waals surface area contributed by atoms with Gasteiger partial charge in [-0.25, -0.2) is 12.8 Å². The summed E-state index contributed by atoms with van der Waals surface area (Å²) in [5.41, 5.74) is 0.647. The Morgan fingerprint density at radius 3 is 2.50 bits per heavy atom. The highest BCUT2D eigenvalue weighted by Crippen LogP contribution is 2.29. The van der Waals surface area contributed by atoms with Crippen LogP contribution in [0.3, 0.4) is 0 Å². The maximum Gasteiger partial charge on any atom is 0.243 e. The Bertz CT molecular complexity index is 1120. The summed E-state index contributed by atoms with van der Waals surface area (Å²) in [7, 11) is -3.88. The van der Waals surface area contributed by atoms with Crippen LogP contribution < -0.4 is 5.32 Å². The number of amides is 1. The van der Waals surface area contributed by atoms with Crippen molar-refractivity contribution in [2.75, 3.05) is 11.9 Å². The Labute approximate surface area is 162 Å². The van der Waals surface area contributed by atoms with Crippen molar-refractivity contribution in [3.63, 3.8) is 0 Å². The second-order valence-corrected chi connectivity index (χ2v) is 8.63. The van der Waals surface area contributed by atoms with Gasteiger partial charge in [-0.05, 0) is 48.6 Å². The quantitative estimate of drug-likeness (QED) is 0.728. The van der Waals surface area contributed by atoms with E-state index in [2.05, 4.69) is 5.32 Å². The molecule has 0 bridgehead atoms. The predicted octanol–water partition coefficient (Wildman–Crippen LogP) is 3.77. The molecule has 3 aromatic rings. The van der Waals surface area contributed by atoms with E-state index in [0.717, 1.165) is 22.9 Å². The van der Waals surface area contributed by atoms with Gasteiger partial charge in [-0.15, -0.1) is 0 Å². The number of anilines is 1. The van der Waals surface area contributed by atoms with Crippen molar-refractivity contribution in [1.82, 2.24) is 4.31 Å². The van der Waals surface area contributed by atoms with E-state index in [1.807, 2.05) is 36.4 Å². The van der Waals surface area contributed by atoms with Gasteiger partial charge < -0.3 is 5.32 Å². The first-order valence-electron chi connectivity index (χ1n) is 9.03. The highest BCUT2D eigenvalue weighted by molar-refractivity contribution is 7.89. The second kappa shape index (κ2) is 7.33. The summed E-state index contributed by atoms with van der Waals surface area (Å²) in [4.78, 5) is 12.9. The van der Waals surface area contributed by atoms with E-state index in [9.17, 15) is 17.6 Å². The van der Waals surface area contributed by atoms with Crippen molar-refractivity contribution in [2.24, 2.45) is 0 Å². The van der Waals surface area contributed by atoms with Crippen LogP contribution in [0.4, 0.5) is 10.1 Å². The number of hydrogen-bond donors (Lipinski definition) is 1. The topological polar surface area (TPSA) is 66.5 Å². The minimum Gasteiger partial charge on any atom is -0.324 e. The zero-order valence-corrected chi connectivity index (χ0v) is 15.8. The first-order chi connectivity index (χ1) is 13.5. The minimum atomic E-state index is -3.88. The molecule has 144 valence electrons. The van der Waals surface area contributed by atoms with Gasteiger partial charge in [0.2, 0.25) is 15.9 Å². The molecular weight excluding hydrogens is 379 g/mol. The van der Waals surface area contributed by atoms with Crippen molar-refractivity contribution >= 4 is 32.4 Å². The lowest BCUT2D eigenvalue weighted by atomic mass is 10.1. The van der Waals surface area contributed by atoms with Crippen LogP contribution in [0.1, 0.15) is 12.8 Å². The van der Waals surface area contributed by atoms with E-state index >= 15 is 0 Å². The van der Waals surface area contributed by atoms with Crippen molar-refractivity contribution < 1.29 is 17.6 Å². The van der Waals surface area contributed by atoms with Crippen molar-refractivity contribution in [1.29, 1.82) is 0 Å². The molecule has 4 rings (SSSR count). The number of rotatable bonds is 4. The maximum atomic E-state index is 13.2. The number of fused-ring (bicyclic) bond motifs is 1. The molecule has 28 heavy (non-hydrogen) atoms. The number of sulfonamides is 1. The molecule has 1 amide bonds. The van der Waals surface area contributed by atoms with E-state index in [1.54, 1.807) is 6.07 Å². The lowest BCUT2D eigenvalue weighted by Gasteiger charge is -2.23. The second-order valence-electron chi connectivity index (χ2n) is 6.74. The van der Waals surface area contributed by atoms with Gasteiger partial charge in [0, 0.05) is 17.6 Å². The van der Waals surface area contributed by atoms with Crippen LogP contribution in [-0.2, 0) is 14.8 Å². The summed E-state index contributed by atoms with van der Waals surface area (Å²) in [6.45, 7) is 0.257. The standard InChI is InChI=1S/C21H19FN2O3S/c22-16-10-12-17(13-11-16)28(26,27)24-14-4-9-20(24)21(25)23-19-8-3-6-15-5-1-2-7-18(15)19/h1-3,5-8,10-13,20H,4,9,14H2,(H,23,25)/t20-/m0/s1. The number of carbonyl (C=O) groups excluding carboxylic acids is 1. The molecule has 0 unspecified atom stereocenters. The molecule has 1 N–H and O–H groups in total. The number of benzene rings is 3. The average molecular weight is 398 g/mol. The SMILES string of the molecule is O=C(Nc1cccc2ccccc12)[C@@H]1CCCN1S(=O)(=O)c1ccc(F)cc1. The van der Waals surface area contributed by atoms with Crippen LogP contribution in [0, 0.1) is 5.82 Å². The van der Waals surface area contributed by atoms with Crippen LogP contribution in [0.2, 0.25) is 0 Å². The molecule has 1 aliphatic heterocycles. The fourth-order valence-corrected chi connectivity index (χ4v) is 5.24. The summed E-state index contributed by atoms with van der Waals surface area (Å²) < 4.78 is 40.3. The van der Waals surface area contributed by atoms with Crippen LogP contribution in [-0.4, -0.2) is 31.2 Å². The molecule has 7 heteroatoms. The van der Waals surface area contributed by atoms with E-state index in [0.29, 0.717) is 18.5 Å². The maximum absolute atomic E-state index is 13.2. The van der Waals surface area contributed by atoms with Crippen LogP contribution in [0.25, 0.3) is 10.8 Å². The van der Waals surface area contributed by atoms with Gasteiger partial charge >= 0.3 is 0 Å². The molecule has 1 fully saturated rings. The first-order valence-corrected chi connectivity index (χ1v) is 10.5. The molecule has 0 spiro atoms. The van der Waals surface area contributed by atoms with E-state index in [4.69, 9.17) is 0 Å². The molecule has 0 radical (unpaired) electrons. The summed E-state index contributed by atoms with van der Waals surface area (Å²) in [5, 5.41) is 4.77. The molecule has 3 aromatic carbocycles. The van der Waals surface area contributed by atoms with Gasteiger partial charge in [-0.2, -0.15) is 4.31 Å². The Kier molecular flexibility index (Phi) is 4.87. The molecule has 0 saturated carbocycles. The Morgan fingerprint density at radius 2 is 1.71 bits per heavy atom. The number of carbonyl (C=O) groups is 1. The van der Waals surface area contributed by atoms with Gasteiger partial charge in [-0.1, -0.05) is 36.4 Å². The molecular formula is C21H19FN2O3S. The van der Waals surface area contributed by atoms with Crippen LogP contribution in [0.5, 0.6) is 0 Å². The molecule has 1 aliphatic rings. The van der Waals surface area contributed by atoms with Crippen molar-refractivity contribution in [3.8, 4) is 0 Å². The highest BCUT2D eigenvalue weighted by Gasteiger charge is 2.39. The lowest BCUT2D eigenvalue weighted by Crippen LogP contribution is -2.43. The third-order valence-electron chi connectivity index (χ3n) is 4.97. The molecule has 1 saturated heterocycles. The van der Waals surface area contributed by atoms with Crippen molar-refractivity contribution in [2.45, 2.75) is 23.8 Å². The molecule has 0 aromatic heterocycles. The van der Waals surface area contributed by atoms with E-state index in [1.165, 1.54) is 16.4 Å². The third-order valence-corrected chi connectivity index (χ3v) is 6.90. The zero-order chi connectivity index (χ0) is 19.7. The van der Waals surface area contributed by atoms with Gasteiger partial charge in [0.1, 0.15) is 11.9 Å². The Balaban J connectivity index is 1.61. The monoisotopic (exact) mass is 398 g/mol. The molecule has 0 aliphatic carbocycles. The number of nitrogens with zero attached hydrogens (tertiary/aromatic N) is 1. The Morgan fingerprint density at radius 1 is 1.00 bits per heavy atom. The number of halogens is 1. The number of hydrogen-bond acceptors (Lipinski definition) is 3. The van der Waals surface area contributed by atoms with Gasteiger partial charge in [0.05, 0.1) is 4.90 Å².